The number of aromatic nitrogens is 2. The van der Waals surface area contributed by atoms with Crippen LogP contribution in [0.3, 0.4) is 0 Å². The number of methoxy groups -OCH3 is 1. The summed E-state index contributed by atoms with van der Waals surface area (Å²) in [6, 6.07) is 23.6. The SMILES string of the molecule is COc1cnc(-c2cc(N3CCN(CCCN(C)c4cccc(C#N)c4)CC3)cc(C(F)(F)F)c2)nc1N1CCN(CCN(C)c2cccc(C#N)c2)CC1. The molecular weight excluding hydrogens is 706 g/mol. The van der Waals surface area contributed by atoms with Crippen molar-refractivity contribution in [2.75, 3.05) is 119 Å². The van der Waals surface area contributed by atoms with E-state index in [0.717, 1.165) is 76.2 Å². The van der Waals surface area contributed by atoms with Gasteiger partial charge >= 0.3 is 6.18 Å². The summed E-state index contributed by atoms with van der Waals surface area (Å²) in [5.41, 5.74) is 3.32. The number of hydrogen-bond acceptors (Lipinski definition) is 11. The number of hydrogen-bond donors (Lipinski definition) is 0. The van der Waals surface area contributed by atoms with Gasteiger partial charge in [0.1, 0.15) is 0 Å². The van der Waals surface area contributed by atoms with Crippen LogP contribution in [-0.4, -0.2) is 120 Å². The van der Waals surface area contributed by atoms with Crippen molar-refractivity contribution in [1.29, 1.82) is 10.5 Å². The molecule has 0 spiro atoms. The third-order valence-electron chi connectivity index (χ3n) is 10.4. The largest absolute Gasteiger partial charge is 0.491 e. The Bertz CT molecular complexity index is 2000. The van der Waals surface area contributed by atoms with Crippen molar-refractivity contribution in [2.45, 2.75) is 12.6 Å². The van der Waals surface area contributed by atoms with E-state index in [1.165, 1.54) is 6.07 Å². The molecule has 4 aromatic rings. The summed E-state index contributed by atoms with van der Waals surface area (Å²) in [7, 11) is 5.57. The van der Waals surface area contributed by atoms with Gasteiger partial charge in [0.05, 0.1) is 42.1 Å². The van der Waals surface area contributed by atoms with Crippen molar-refractivity contribution in [3.05, 3.63) is 89.6 Å². The van der Waals surface area contributed by atoms with Gasteiger partial charge in [0.25, 0.3) is 0 Å². The zero-order chi connectivity index (χ0) is 39.0. The van der Waals surface area contributed by atoms with Gasteiger partial charge in [-0.05, 0) is 67.6 Å². The van der Waals surface area contributed by atoms with Gasteiger partial charge in [-0.2, -0.15) is 23.7 Å². The second-order valence-corrected chi connectivity index (χ2v) is 14.0. The van der Waals surface area contributed by atoms with Gasteiger partial charge in [-0.15, -0.1) is 0 Å². The Morgan fingerprint density at radius 2 is 1.33 bits per heavy atom. The zero-order valence-electron chi connectivity index (χ0n) is 31.6. The Kier molecular flexibility index (Phi) is 12.6. The highest BCUT2D eigenvalue weighted by Gasteiger charge is 2.33. The molecule has 11 nitrogen and oxygen atoms in total. The Labute approximate surface area is 321 Å². The summed E-state index contributed by atoms with van der Waals surface area (Å²) in [5, 5.41) is 18.5. The number of benzene rings is 3. The minimum atomic E-state index is -4.54. The predicted octanol–water partition coefficient (Wildman–Crippen LogP) is 5.82. The molecule has 6 rings (SSSR count). The lowest BCUT2D eigenvalue weighted by Crippen LogP contribution is -2.48. The highest BCUT2D eigenvalue weighted by Crippen LogP contribution is 2.37. The quantitative estimate of drug-likeness (QED) is 0.165. The van der Waals surface area contributed by atoms with Crippen LogP contribution in [0.4, 0.5) is 36.1 Å². The Hall–Kier alpha value is -5.57. The average molecular weight is 753 g/mol. The van der Waals surface area contributed by atoms with E-state index in [4.69, 9.17) is 9.72 Å². The van der Waals surface area contributed by atoms with E-state index in [1.54, 1.807) is 31.5 Å². The van der Waals surface area contributed by atoms with E-state index >= 15 is 0 Å². The summed E-state index contributed by atoms with van der Waals surface area (Å²) in [4.78, 5) is 22.4. The lowest BCUT2D eigenvalue weighted by Gasteiger charge is -2.37. The number of anilines is 4. The zero-order valence-corrected chi connectivity index (χ0v) is 31.6. The number of nitrogens with zero attached hydrogens (tertiary/aromatic N) is 10. The Morgan fingerprint density at radius 3 is 1.91 bits per heavy atom. The molecule has 1 aromatic heterocycles. The highest BCUT2D eigenvalue weighted by molar-refractivity contribution is 5.68. The van der Waals surface area contributed by atoms with Gasteiger partial charge in [-0.1, -0.05) is 12.1 Å². The van der Waals surface area contributed by atoms with Crippen LogP contribution < -0.4 is 24.3 Å². The molecule has 14 heteroatoms. The molecule has 55 heavy (non-hydrogen) atoms. The topological polar surface area (TPSA) is 102 Å². The molecular formula is C41H47F3N10O. The van der Waals surface area contributed by atoms with Crippen LogP contribution in [-0.2, 0) is 6.18 Å². The summed E-state index contributed by atoms with van der Waals surface area (Å²) < 4.78 is 48.5. The highest BCUT2D eigenvalue weighted by atomic mass is 19.4. The van der Waals surface area contributed by atoms with Crippen LogP contribution in [0.2, 0.25) is 0 Å². The Balaban J connectivity index is 1.08. The lowest BCUT2D eigenvalue weighted by molar-refractivity contribution is -0.137. The molecule has 288 valence electrons. The smallest absolute Gasteiger partial charge is 0.416 e. The number of halogens is 3. The maximum absolute atomic E-state index is 14.3. The summed E-state index contributed by atoms with van der Waals surface area (Å²) >= 11 is 0. The number of alkyl halides is 3. The third-order valence-corrected chi connectivity index (χ3v) is 10.4. The van der Waals surface area contributed by atoms with Crippen LogP contribution in [0.1, 0.15) is 23.1 Å². The number of nitriles is 2. The van der Waals surface area contributed by atoms with Crippen molar-refractivity contribution >= 4 is 22.9 Å². The van der Waals surface area contributed by atoms with Crippen molar-refractivity contribution in [2.24, 2.45) is 0 Å². The molecule has 0 bridgehead atoms. The maximum Gasteiger partial charge on any atom is 0.416 e. The van der Waals surface area contributed by atoms with Gasteiger partial charge in [0.15, 0.2) is 17.4 Å². The van der Waals surface area contributed by atoms with E-state index in [9.17, 15) is 23.7 Å². The standard InChI is InChI=1S/C41H47F3N10O/c1-49(35-9-4-7-31(23-35)28-45)11-6-12-51-15-19-53(20-16-51)37-26-33(25-34(27-37)41(42,43)44)39-47-30-38(55-3)40(48-39)54-21-17-52(18-22-54)14-13-50(2)36-10-5-8-32(24-36)29-46/h4-5,7-10,23-27,30H,6,11-22H2,1-3H3. The first-order valence-corrected chi connectivity index (χ1v) is 18.6. The molecule has 3 aromatic carbocycles. The minimum absolute atomic E-state index is 0.217. The van der Waals surface area contributed by atoms with Gasteiger partial charge in [-0.25, -0.2) is 9.97 Å². The third kappa shape index (κ3) is 9.95. The van der Waals surface area contributed by atoms with Crippen molar-refractivity contribution < 1.29 is 17.9 Å². The van der Waals surface area contributed by atoms with Crippen molar-refractivity contribution in [3.63, 3.8) is 0 Å². The summed E-state index contributed by atoms with van der Waals surface area (Å²) in [6.45, 7) is 8.89. The summed E-state index contributed by atoms with van der Waals surface area (Å²) in [6.07, 6.45) is -2.07. The van der Waals surface area contributed by atoms with Crippen LogP contribution in [0, 0.1) is 22.7 Å². The van der Waals surface area contributed by atoms with E-state index < -0.39 is 11.7 Å². The first-order valence-electron chi connectivity index (χ1n) is 18.6. The molecule has 0 aliphatic carbocycles. The fourth-order valence-corrected chi connectivity index (χ4v) is 7.08. The van der Waals surface area contributed by atoms with Crippen LogP contribution in [0.25, 0.3) is 11.4 Å². The van der Waals surface area contributed by atoms with Crippen LogP contribution in [0.15, 0.2) is 72.9 Å². The van der Waals surface area contributed by atoms with E-state index in [2.05, 4.69) is 41.6 Å². The summed E-state index contributed by atoms with van der Waals surface area (Å²) in [5.74, 6) is 1.25. The molecule has 2 aliphatic heterocycles. The molecule has 0 unspecified atom stereocenters. The monoisotopic (exact) mass is 752 g/mol. The van der Waals surface area contributed by atoms with Crippen LogP contribution >= 0.6 is 0 Å². The number of piperazine rings is 2. The lowest BCUT2D eigenvalue weighted by atomic mass is 10.1. The first-order chi connectivity index (χ1) is 26.5. The first kappa shape index (κ1) is 39.1. The second kappa shape index (κ2) is 17.7. The molecule has 0 radical (unpaired) electrons. The maximum atomic E-state index is 14.3. The Morgan fingerprint density at radius 1 is 0.745 bits per heavy atom. The van der Waals surface area contributed by atoms with Gasteiger partial charge in [0, 0.05) is 109 Å². The number of ether oxygens (including phenoxy) is 1. The molecule has 2 fully saturated rings. The van der Waals surface area contributed by atoms with Crippen LogP contribution in [0.5, 0.6) is 5.75 Å². The normalized spacial score (nSPS) is 15.3. The fourth-order valence-electron chi connectivity index (χ4n) is 7.08. The number of rotatable bonds is 13. The molecule has 2 aliphatic rings. The second-order valence-electron chi connectivity index (χ2n) is 14.0. The van der Waals surface area contributed by atoms with Gasteiger partial charge < -0.3 is 24.3 Å². The van der Waals surface area contributed by atoms with Gasteiger partial charge in [0.2, 0.25) is 0 Å². The van der Waals surface area contributed by atoms with Crippen molar-refractivity contribution in [1.82, 2.24) is 19.8 Å². The van der Waals surface area contributed by atoms with E-state index in [1.807, 2.05) is 55.4 Å². The van der Waals surface area contributed by atoms with E-state index in [-0.39, 0.29) is 5.82 Å². The average Bonchev–Trinajstić information content (AvgIpc) is 3.22. The van der Waals surface area contributed by atoms with Crippen molar-refractivity contribution in [3.8, 4) is 29.3 Å². The van der Waals surface area contributed by atoms with E-state index in [0.29, 0.717) is 60.1 Å². The molecule has 0 N–H and O–H groups in total. The fraction of sp³-hybridized carbons (Fsp3) is 0.415. The molecule has 0 amide bonds. The minimum Gasteiger partial charge on any atom is -0.491 e. The number of likely N-dealkylation sites (N-methyl/N-ethyl adjacent to an activating group) is 1. The molecule has 0 atom stereocenters. The predicted molar refractivity (Wildman–Crippen MR) is 210 cm³/mol. The molecule has 0 saturated carbocycles. The molecule has 3 heterocycles. The van der Waals surface area contributed by atoms with Gasteiger partial charge in [-0.3, -0.25) is 9.80 Å². The molecule has 2 saturated heterocycles.